The van der Waals surface area contributed by atoms with Crippen LogP contribution in [0.2, 0.25) is 5.02 Å². The molecule has 5 heteroatoms. The zero-order valence-electron chi connectivity index (χ0n) is 9.83. The van der Waals surface area contributed by atoms with Gasteiger partial charge in [-0.25, -0.2) is 0 Å². The number of rotatable bonds is 3. The maximum atomic E-state index is 12.4. The van der Waals surface area contributed by atoms with E-state index in [0.717, 1.165) is 40.4 Å². The lowest BCUT2D eigenvalue weighted by Gasteiger charge is -2.17. The third-order valence-electron chi connectivity index (χ3n) is 3.25. The maximum Gasteiger partial charge on any atom is 0.254 e. The lowest BCUT2D eigenvalue weighted by atomic mass is 10.1. The molecule has 0 aliphatic carbocycles. The van der Waals surface area contributed by atoms with Gasteiger partial charge in [-0.2, -0.15) is 0 Å². The van der Waals surface area contributed by atoms with Crippen LogP contribution < -0.4 is 0 Å². The molecule has 1 atom stereocenters. The van der Waals surface area contributed by atoms with Crippen LogP contribution in [0.5, 0.6) is 0 Å². The molecule has 0 aromatic heterocycles. The molecule has 1 aliphatic rings. The summed E-state index contributed by atoms with van der Waals surface area (Å²) in [5.41, 5.74) is 0.725. The van der Waals surface area contributed by atoms with Crippen LogP contribution in [-0.4, -0.2) is 29.2 Å². The standard InChI is InChI=1S/C13H14BrClINO/c14-5-3-9-4-6-17(8-9)13(18)11-7-10(15)1-2-12(11)16/h1-2,7,9H,3-6,8H2. The van der Waals surface area contributed by atoms with E-state index in [9.17, 15) is 4.79 Å². The lowest BCUT2D eigenvalue weighted by Crippen LogP contribution is -2.29. The minimum absolute atomic E-state index is 0.110. The number of nitrogens with zero attached hydrogens (tertiary/aromatic N) is 1. The summed E-state index contributed by atoms with van der Waals surface area (Å²) in [6, 6.07) is 5.48. The largest absolute Gasteiger partial charge is 0.338 e. The summed E-state index contributed by atoms with van der Waals surface area (Å²) in [5.74, 6) is 0.740. The first kappa shape index (κ1) is 14.6. The molecule has 18 heavy (non-hydrogen) atoms. The number of carbonyl (C=O) groups excluding carboxylic acids is 1. The van der Waals surface area contributed by atoms with Gasteiger partial charge in [0.2, 0.25) is 0 Å². The molecule has 2 nitrogen and oxygen atoms in total. The summed E-state index contributed by atoms with van der Waals surface area (Å²) >= 11 is 11.6. The predicted octanol–water partition coefficient (Wildman–Crippen LogP) is 4.19. The van der Waals surface area contributed by atoms with Crippen molar-refractivity contribution in [1.82, 2.24) is 4.90 Å². The van der Waals surface area contributed by atoms with Gasteiger partial charge in [-0.15, -0.1) is 0 Å². The summed E-state index contributed by atoms with van der Waals surface area (Å²) in [4.78, 5) is 14.4. The van der Waals surface area contributed by atoms with Crippen molar-refractivity contribution in [3.05, 3.63) is 32.4 Å². The molecule has 98 valence electrons. The Bertz CT molecular complexity index is 455. The van der Waals surface area contributed by atoms with Gasteiger partial charge in [0.15, 0.2) is 0 Å². The molecule has 1 fully saturated rings. The Balaban J connectivity index is 2.10. The number of carbonyl (C=O) groups is 1. The molecule has 0 saturated carbocycles. The molecule has 1 aromatic carbocycles. The molecule has 0 radical (unpaired) electrons. The Morgan fingerprint density at radius 1 is 1.56 bits per heavy atom. The van der Waals surface area contributed by atoms with E-state index in [4.69, 9.17) is 11.6 Å². The highest BCUT2D eigenvalue weighted by Gasteiger charge is 2.27. The highest BCUT2D eigenvalue weighted by atomic mass is 127. The Labute approximate surface area is 134 Å². The molecule has 1 aliphatic heterocycles. The average Bonchev–Trinajstić information content (AvgIpc) is 2.80. The van der Waals surface area contributed by atoms with Crippen molar-refractivity contribution in [2.45, 2.75) is 12.8 Å². The quantitative estimate of drug-likeness (QED) is 0.508. The van der Waals surface area contributed by atoms with Gasteiger partial charge in [0.05, 0.1) is 5.56 Å². The molecule has 1 amide bonds. The van der Waals surface area contributed by atoms with Crippen molar-refractivity contribution in [1.29, 1.82) is 0 Å². The van der Waals surface area contributed by atoms with Gasteiger partial charge in [0.1, 0.15) is 0 Å². The Morgan fingerprint density at radius 2 is 2.33 bits per heavy atom. The fraction of sp³-hybridized carbons (Fsp3) is 0.462. The second-order valence-electron chi connectivity index (χ2n) is 4.51. The SMILES string of the molecule is O=C(c1cc(Cl)ccc1I)N1CCC(CCBr)C1. The van der Waals surface area contributed by atoms with Gasteiger partial charge >= 0.3 is 0 Å². The van der Waals surface area contributed by atoms with E-state index < -0.39 is 0 Å². The van der Waals surface area contributed by atoms with Crippen molar-refractivity contribution in [3.63, 3.8) is 0 Å². The second-order valence-corrected chi connectivity index (χ2v) is 6.90. The smallest absolute Gasteiger partial charge is 0.254 e. The summed E-state index contributed by atoms with van der Waals surface area (Å²) in [7, 11) is 0. The number of likely N-dealkylation sites (tertiary alicyclic amines) is 1. The van der Waals surface area contributed by atoms with Crippen molar-refractivity contribution in [2.75, 3.05) is 18.4 Å². The fourth-order valence-corrected chi connectivity index (χ4v) is 3.62. The molecule has 1 aromatic rings. The number of amides is 1. The van der Waals surface area contributed by atoms with Crippen LogP contribution in [0.25, 0.3) is 0 Å². The molecular formula is C13H14BrClINO. The van der Waals surface area contributed by atoms with Gasteiger partial charge < -0.3 is 4.90 Å². The van der Waals surface area contributed by atoms with Crippen molar-refractivity contribution in [2.24, 2.45) is 5.92 Å². The van der Waals surface area contributed by atoms with Gasteiger partial charge in [0, 0.05) is 27.0 Å². The molecular weight excluding hydrogens is 428 g/mol. The van der Waals surface area contributed by atoms with E-state index in [-0.39, 0.29) is 5.91 Å². The molecule has 0 spiro atoms. The third-order valence-corrected chi connectivity index (χ3v) is 4.88. The average molecular weight is 443 g/mol. The van der Waals surface area contributed by atoms with E-state index in [1.165, 1.54) is 0 Å². The first-order valence-corrected chi connectivity index (χ1v) is 8.50. The Hall–Kier alpha value is 0.190. The topological polar surface area (TPSA) is 20.3 Å². The van der Waals surface area contributed by atoms with Crippen LogP contribution in [0.3, 0.4) is 0 Å². The number of hydrogen-bond acceptors (Lipinski definition) is 1. The molecule has 1 saturated heterocycles. The number of alkyl halides is 1. The van der Waals surface area contributed by atoms with Crippen molar-refractivity contribution < 1.29 is 4.79 Å². The van der Waals surface area contributed by atoms with Crippen LogP contribution in [0, 0.1) is 9.49 Å². The summed E-state index contributed by atoms with van der Waals surface area (Å²) < 4.78 is 0.964. The minimum Gasteiger partial charge on any atom is -0.338 e. The normalized spacial score (nSPS) is 19.3. The van der Waals surface area contributed by atoms with E-state index in [1.54, 1.807) is 6.07 Å². The second kappa shape index (κ2) is 6.57. The molecule has 2 rings (SSSR count). The van der Waals surface area contributed by atoms with E-state index in [1.807, 2.05) is 17.0 Å². The number of halogens is 3. The molecule has 0 bridgehead atoms. The number of hydrogen-bond donors (Lipinski definition) is 0. The van der Waals surface area contributed by atoms with Gasteiger partial charge in [-0.3, -0.25) is 4.79 Å². The lowest BCUT2D eigenvalue weighted by molar-refractivity contribution is 0.0786. The van der Waals surface area contributed by atoms with E-state index >= 15 is 0 Å². The fourth-order valence-electron chi connectivity index (χ4n) is 2.24. The van der Waals surface area contributed by atoms with Crippen LogP contribution in [0.4, 0.5) is 0 Å². The van der Waals surface area contributed by atoms with Gasteiger partial charge in [-0.1, -0.05) is 27.5 Å². The Kier molecular flexibility index (Phi) is 5.33. The first-order chi connectivity index (χ1) is 8.61. The molecule has 1 unspecified atom stereocenters. The zero-order valence-corrected chi connectivity index (χ0v) is 14.3. The number of benzene rings is 1. The van der Waals surface area contributed by atoms with E-state index in [0.29, 0.717) is 10.9 Å². The zero-order chi connectivity index (χ0) is 13.1. The van der Waals surface area contributed by atoms with Crippen LogP contribution in [-0.2, 0) is 0 Å². The van der Waals surface area contributed by atoms with Crippen LogP contribution >= 0.6 is 50.1 Å². The minimum atomic E-state index is 0.110. The summed E-state index contributed by atoms with van der Waals surface area (Å²) in [6.07, 6.45) is 2.24. The van der Waals surface area contributed by atoms with E-state index in [2.05, 4.69) is 38.5 Å². The third kappa shape index (κ3) is 3.39. The van der Waals surface area contributed by atoms with Crippen molar-refractivity contribution in [3.8, 4) is 0 Å². The van der Waals surface area contributed by atoms with Crippen LogP contribution in [0.15, 0.2) is 18.2 Å². The van der Waals surface area contributed by atoms with Crippen LogP contribution in [0.1, 0.15) is 23.2 Å². The predicted molar refractivity (Wildman–Crippen MR) is 86.6 cm³/mol. The van der Waals surface area contributed by atoms with Gasteiger partial charge in [-0.05, 0) is 59.5 Å². The summed E-state index contributed by atoms with van der Waals surface area (Å²) in [5, 5.41) is 1.63. The molecule has 0 N–H and O–H groups in total. The molecule has 1 heterocycles. The maximum absolute atomic E-state index is 12.4. The van der Waals surface area contributed by atoms with Gasteiger partial charge in [0.25, 0.3) is 5.91 Å². The monoisotopic (exact) mass is 441 g/mol. The first-order valence-electron chi connectivity index (χ1n) is 5.92. The highest BCUT2D eigenvalue weighted by Crippen LogP contribution is 2.25. The highest BCUT2D eigenvalue weighted by molar-refractivity contribution is 14.1. The summed E-state index contributed by atoms with van der Waals surface area (Å²) in [6.45, 7) is 1.73. The van der Waals surface area contributed by atoms with Crippen molar-refractivity contribution >= 4 is 56.0 Å². The Morgan fingerprint density at radius 3 is 3.06 bits per heavy atom.